The molecule has 0 aliphatic carbocycles. The lowest BCUT2D eigenvalue weighted by atomic mass is 10.1. The van der Waals surface area contributed by atoms with Gasteiger partial charge in [0.1, 0.15) is 0 Å². The number of pyridine rings is 1. The highest BCUT2D eigenvalue weighted by Gasteiger charge is 2.40. The van der Waals surface area contributed by atoms with Gasteiger partial charge in [0.2, 0.25) is 5.88 Å². The molecule has 2 N–H and O–H groups in total. The van der Waals surface area contributed by atoms with Crippen LogP contribution in [0.2, 0.25) is 0 Å². The van der Waals surface area contributed by atoms with Crippen molar-refractivity contribution >= 4 is 0 Å². The first-order valence-corrected chi connectivity index (χ1v) is 4.80. The largest absolute Gasteiger partial charge is 0.574 e. The molecular weight excluding hydrogens is 304 g/mol. The van der Waals surface area contributed by atoms with Crippen molar-refractivity contribution in [3.05, 3.63) is 22.9 Å². The van der Waals surface area contributed by atoms with Gasteiger partial charge in [-0.15, -0.1) is 13.2 Å². The first-order valence-electron chi connectivity index (χ1n) is 4.80. The summed E-state index contributed by atoms with van der Waals surface area (Å²) in [5.74, 6) is -1.50. The maximum Gasteiger partial charge on any atom is 0.574 e. The molecule has 1 heterocycles. The van der Waals surface area contributed by atoms with E-state index in [0.717, 1.165) is 0 Å². The minimum absolute atomic E-state index is 0.196. The number of nitrogens with zero attached hydrogens (tertiary/aromatic N) is 1. The molecule has 0 atom stereocenters. The van der Waals surface area contributed by atoms with E-state index in [-0.39, 0.29) is 6.07 Å². The smallest absolute Gasteiger partial charge is 0.388 e. The predicted molar refractivity (Wildman–Crippen MR) is 48.8 cm³/mol. The number of aromatic nitrogens is 1. The maximum absolute atomic E-state index is 12.5. The van der Waals surface area contributed by atoms with Gasteiger partial charge in [0, 0.05) is 17.7 Å². The summed E-state index contributed by atoms with van der Waals surface area (Å²) in [6, 6.07) is 0.196. The Morgan fingerprint density at radius 1 is 1.15 bits per heavy atom. The Bertz CT molecular complexity index is 482. The fourth-order valence-corrected chi connectivity index (χ4v) is 1.29. The molecule has 0 bridgehead atoms. The normalized spacial score (nSPS) is 12.9. The highest BCUT2D eigenvalue weighted by atomic mass is 19.4. The van der Waals surface area contributed by atoms with Crippen molar-refractivity contribution in [3.63, 3.8) is 0 Å². The molecule has 114 valence electrons. The Morgan fingerprint density at radius 2 is 1.70 bits per heavy atom. The lowest BCUT2D eigenvalue weighted by Gasteiger charge is -2.17. The van der Waals surface area contributed by atoms with Crippen molar-refractivity contribution in [2.75, 3.05) is 0 Å². The molecule has 0 radical (unpaired) electrons. The number of rotatable bonds is 3. The average molecular weight is 310 g/mol. The third kappa shape index (κ3) is 3.92. The van der Waals surface area contributed by atoms with E-state index < -0.39 is 48.2 Å². The molecule has 0 aliphatic rings. The van der Waals surface area contributed by atoms with Gasteiger partial charge >= 0.3 is 12.5 Å². The van der Waals surface area contributed by atoms with E-state index in [0.29, 0.717) is 0 Å². The van der Waals surface area contributed by atoms with Crippen molar-refractivity contribution < 1.29 is 39.9 Å². The van der Waals surface area contributed by atoms with Gasteiger partial charge in [-0.2, -0.15) is 13.2 Å². The Hall–Kier alpha value is -1.65. The van der Waals surface area contributed by atoms with Gasteiger partial charge in [-0.05, 0) is 6.07 Å². The van der Waals surface area contributed by atoms with E-state index in [2.05, 4.69) is 9.72 Å². The Balaban J connectivity index is 3.46. The fourth-order valence-electron chi connectivity index (χ4n) is 1.29. The number of halogens is 8. The van der Waals surface area contributed by atoms with Gasteiger partial charge in [-0.25, -0.2) is 13.8 Å². The van der Waals surface area contributed by atoms with Crippen LogP contribution >= 0.6 is 0 Å². The lowest BCUT2D eigenvalue weighted by Crippen LogP contribution is -2.22. The van der Waals surface area contributed by atoms with Gasteiger partial charge in [0.25, 0.3) is 6.43 Å². The van der Waals surface area contributed by atoms with E-state index >= 15 is 0 Å². The molecule has 20 heavy (non-hydrogen) atoms. The average Bonchev–Trinajstić information content (AvgIpc) is 2.24. The summed E-state index contributed by atoms with van der Waals surface area (Å²) < 4.78 is 102. The van der Waals surface area contributed by atoms with Crippen LogP contribution in [-0.2, 0) is 12.7 Å². The van der Waals surface area contributed by atoms with Gasteiger partial charge in [-0.3, -0.25) is 0 Å². The standard InChI is InChI=1S/C9H6F8N2O/c10-6(11)4-1-3(2-18)7(20-9(15,16)17)19-5(4)8(12,13)14/h1,6H,2,18H2. The second-order valence-corrected chi connectivity index (χ2v) is 3.44. The number of ether oxygens (including phenoxy) is 1. The zero-order valence-electron chi connectivity index (χ0n) is 9.32. The molecule has 0 aromatic carbocycles. The van der Waals surface area contributed by atoms with Gasteiger partial charge in [0.15, 0.2) is 5.69 Å². The van der Waals surface area contributed by atoms with Gasteiger partial charge in [-0.1, -0.05) is 0 Å². The summed E-state index contributed by atoms with van der Waals surface area (Å²) in [7, 11) is 0. The van der Waals surface area contributed by atoms with E-state index in [1.54, 1.807) is 0 Å². The predicted octanol–water partition coefficient (Wildman–Crippen LogP) is 3.40. The summed E-state index contributed by atoms with van der Waals surface area (Å²) in [4.78, 5) is 2.49. The first kappa shape index (κ1) is 16.4. The number of alkyl halides is 8. The van der Waals surface area contributed by atoms with Crippen LogP contribution in [0.4, 0.5) is 35.1 Å². The number of hydrogen-bond donors (Lipinski definition) is 1. The molecule has 1 aromatic heterocycles. The lowest BCUT2D eigenvalue weighted by molar-refractivity contribution is -0.276. The summed E-state index contributed by atoms with van der Waals surface area (Å²) in [6.45, 7) is -0.754. The topological polar surface area (TPSA) is 48.1 Å². The highest BCUT2D eigenvalue weighted by molar-refractivity contribution is 5.36. The molecule has 11 heteroatoms. The third-order valence-electron chi connectivity index (χ3n) is 2.03. The van der Waals surface area contributed by atoms with Crippen LogP contribution < -0.4 is 10.5 Å². The Labute approximate surface area is 106 Å². The van der Waals surface area contributed by atoms with Gasteiger partial charge in [0.05, 0.1) is 0 Å². The minimum atomic E-state index is -5.36. The molecule has 0 saturated carbocycles. The molecule has 3 nitrogen and oxygen atoms in total. The molecular formula is C9H6F8N2O. The molecule has 0 fully saturated rings. The fraction of sp³-hybridized carbons (Fsp3) is 0.444. The number of hydrogen-bond acceptors (Lipinski definition) is 3. The van der Waals surface area contributed by atoms with Crippen molar-refractivity contribution in [1.29, 1.82) is 0 Å². The van der Waals surface area contributed by atoms with E-state index in [1.807, 2.05) is 0 Å². The van der Waals surface area contributed by atoms with E-state index in [1.165, 1.54) is 0 Å². The summed E-state index contributed by atoms with van der Waals surface area (Å²) in [6.07, 6.45) is -14.3. The third-order valence-corrected chi connectivity index (χ3v) is 2.03. The number of nitrogens with two attached hydrogens (primary N) is 1. The van der Waals surface area contributed by atoms with Crippen LogP contribution in [0.3, 0.4) is 0 Å². The zero-order valence-corrected chi connectivity index (χ0v) is 9.32. The summed E-state index contributed by atoms with van der Waals surface area (Å²) in [5, 5.41) is 0. The van der Waals surface area contributed by atoms with Crippen molar-refractivity contribution in [2.45, 2.75) is 25.5 Å². The Morgan fingerprint density at radius 3 is 2.05 bits per heavy atom. The van der Waals surface area contributed by atoms with Crippen molar-refractivity contribution in [3.8, 4) is 5.88 Å². The SMILES string of the molecule is NCc1cc(C(F)F)c(C(F)(F)F)nc1OC(F)(F)F. The minimum Gasteiger partial charge on any atom is -0.388 e. The molecule has 0 unspecified atom stereocenters. The second-order valence-electron chi connectivity index (χ2n) is 3.44. The van der Waals surface area contributed by atoms with Gasteiger partial charge < -0.3 is 10.5 Å². The summed E-state index contributed by atoms with van der Waals surface area (Å²) >= 11 is 0. The molecule has 1 rings (SSSR count). The monoisotopic (exact) mass is 310 g/mol. The van der Waals surface area contributed by atoms with Crippen LogP contribution in [0, 0.1) is 0 Å². The maximum atomic E-state index is 12.5. The molecule has 0 spiro atoms. The van der Waals surface area contributed by atoms with Crippen molar-refractivity contribution in [2.24, 2.45) is 5.73 Å². The second kappa shape index (κ2) is 5.38. The first-order chi connectivity index (χ1) is 8.95. The molecule has 0 aliphatic heterocycles. The van der Waals surface area contributed by atoms with E-state index in [9.17, 15) is 35.1 Å². The highest BCUT2D eigenvalue weighted by Crippen LogP contribution is 2.38. The molecule has 1 aromatic rings. The van der Waals surface area contributed by atoms with Crippen LogP contribution in [-0.4, -0.2) is 11.3 Å². The van der Waals surface area contributed by atoms with Crippen LogP contribution in [0.25, 0.3) is 0 Å². The summed E-state index contributed by atoms with van der Waals surface area (Å²) in [5.41, 5.74) is 0.556. The molecule has 0 amide bonds. The zero-order chi connectivity index (χ0) is 15.7. The van der Waals surface area contributed by atoms with Crippen LogP contribution in [0.15, 0.2) is 6.07 Å². The van der Waals surface area contributed by atoms with Crippen molar-refractivity contribution in [1.82, 2.24) is 4.98 Å². The van der Waals surface area contributed by atoms with E-state index in [4.69, 9.17) is 5.73 Å². The van der Waals surface area contributed by atoms with Crippen LogP contribution in [0.1, 0.15) is 23.2 Å². The quantitative estimate of drug-likeness (QED) is 0.871. The van der Waals surface area contributed by atoms with Crippen LogP contribution in [0.5, 0.6) is 5.88 Å². The molecule has 0 saturated heterocycles. The Kier molecular flexibility index (Phi) is 4.42.